The fraction of sp³-hybridized carbons (Fsp3) is 0.111. The van der Waals surface area contributed by atoms with Crippen LogP contribution in [0.25, 0.3) is 5.69 Å². The number of hydrogen-bond acceptors (Lipinski definition) is 5. The maximum Gasteiger partial charge on any atom is 0.313 e. The van der Waals surface area contributed by atoms with Crippen LogP contribution >= 0.6 is 23.4 Å². The molecule has 0 atom stereocenters. The van der Waals surface area contributed by atoms with E-state index < -0.39 is 11.8 Å². The molecule has 0 aliphatic carbocycles. The summed E-state index contributed by atoms with van der Waals surface area (Å²) < 4.78 is 14.7. The van der Waals surface area contributed by atoms with Gasteiger partial charge in [-0.3, -0.25) is 4.79 Å². The quantitative estimate of drug-likeness (QED) is 0.861. The molecule has 2 aromatic rings. The predicted molar refractivity (Wildman–Crippen MR) is 62.5 cm³/mol. The number of carbonyl (C=O) groups is 1. The third kappa shape index (κ3) is 2.77. The minimum absolute atomic E-state index is 0.0698. The van der Waals surface area contributed by atoms with Gasteiger partial charge in [-0.2, -0.15) is 4.68 Å². The Balaban J connectivity index is 2.36. The number of benzene rings is 1. The number of rotatable bonds is 4. The molecule has 0 spiro atoms. The highest BCUT2D eigenvalue weighted by Crippen LogP contribution is 2.22. The second-order valence-electron chi connectivity index (χ2n) is 3.15. The van der Waals surface area contributed by atoms with Crippen molar-refractivity contribution in [3.05, 3.63) is 29.0 Å². The molecule has 94 valence electrons. The predicted octanol–water partition coefficient (Wildman–Crippen LogP) is 1.63. The smallest absolute Gasteiger partial charge is 0.313 e. The summed E-state index contributed by atoms with van der Waals surface area (Å²) in [5, 5.41) is 19.7. The first-order valence-corrected chi connectivity index (χ1v) is 6.02. The SMILES string of the molecule is O=C(O)CSc1nnnn1-c1cc(Cl)ccc1F. The Morgan fingerprint density at radius 3 is 3.06 bits per heavy atom. The number of aromatic nitrogens is 4. The van der Waals surface area contributed by atoms with Crippen LogP contribution in [0.2, 0.25) is 5.02 Å². The fourth-order valence-corrected chi connectivity index (χ4v) is 1.96. The molecule has 1 aromatic carbocycles. The lowest BCUT2D eigenvalue weighted by Crippen LogP contribution is -2.04. The number of carboxylic acids is 1. The lowest BCUT2D eigenvalue weighted by Gasteiger charge is -2.04. The molecule has 6 nitrogen and oxygen atoms in total. The molecule has 0 amide bonds. The van der Waals surface area contributed by atoms with E-state index in [1.165, 1.54) is 18.2 Å². The van der Waals surface area contributed by atoms with Gasteiger partial charge in [0.15, 0.2) is 0 Å². The zero-order valence-corrected chi connectivity index (χ0v) is 10.3. The number of thioether (sulfide) groups is 1. The van der Waals surface area contributed by atoms with E-state index in [-0.39, 0.29) is 16.6 Å². The number of aliphatic carboxylic acids is 1. The van der Waals surface area contributed by atoms with Crippen LogP contribution in [-0.2, 0) is 4.79 Å². The Morgan fingerprint density at radius 2 is 2.33 bits per heavy atom. The van der Waals surface area contributed by atoms with E-state index in [0.717, 1.165) is 16.4 Å². The van der Waals surface area contributed by atoms with Gasteiger partial charge in [-0.25, -0.2) is 4.39 Å². The summed E-state index contributed by atoms with van der Waals surface area (Å²) in [6.07, 6.45) is 0. The molecule has 18 heavy (non-hydrogen) atoms. The molecule has 0 aliphatic heterocycles. The Morgan fingerprint density at radius 1 is 1.56 bits per heavy atom. The third-order valence-corrected chi connectivity index (χ3v) is 3.04. The zero-order chi connectivity index (χ0) is 13.1. The van der Waals surface area contributed by atoms with Gasteiger partial charge in [0.25, 0.3) is 0 Å². The first-order valence-electron chi connectivity index (χ1n) is 4.66. The third-order valence-electron chi connectivity index (χ3n) is 1.90. The number of hydrogen-bond donors (Lipinski definition) is 1. The topological polar surface area (TPSA) is 80.9 Å². The summed E-state index contributed by atoms with van der Waals surface area (Å²) in [7, 11) is 0. The van der Waals surface area contributed by atoms with Crippen molar-refractivity contribution >= 4 is 29.3 Å². The number of tetrazole rings is 1. The molecule has 0 saturated carbocycles. The minimum Gasteiger partial charge on any atom is -0.481 e. The molecule has 2 rings (SSSR count). The first-order chi connectivity index (χ1) is 8.58. The van der Waals surface area contributed by atoms with Crippen molar-refractivity contribution in [1.82, 2.24) is 20.2 Å². The van der Waals surface area contributed by atoms with Crippen LogP contribution < -0.4 is 0 Å². The van der Waals surface area contributed by atoms with Crippen molar-refractivity contribution in [3.63, 3.8) is 0 Å². The van der Waals surface area contributed by atoms with Crippen LogP contribution in [0, 0.1) is 5.82 Å². The molecule has 0 aliphatic rings. The maximum absolute atomic E-state index is 13.6. The molecule has 0 fully saturated rings. The largest absolute Gasteiger partial charge is 0.481 e. The normalized spacial score (nSPS) is 10.6. The standard InChI is InChI=1S/C9H6ClFN4O2S/c10-5-1-2-6(11)7(3-5)15-9(12-13-14-15)18-4-8(16)17/h1-3H,4H2,(H,16,17). The number of nitrogens with zero attached hydrogens (tertiary/aromatic N) is 4. The average molecular weight is 289 g/mol. The summed E-state index contributed by atoms with van der Waals surface area (Å²) in [4.78, 5) is 10.5. The molecule has 1 aromatic heterocycles. The lowest BCUT2D eigenvalue weighted by atomic mass is 10.3. The number of carboxylic acid groups (broad SMARTS) is 1. The zero-order valence-electron chi connectivity index (χ0n) is 8.75. The molecule has 9 heteroatoms. The fourth-order valence-electron chi connectivity index (χ4n) is 1.19. The van der Waals surface area contributed by atoms with E-state index in [1.54, 1.807) is 0 Å². The first kappa shape index (κ1) is 12.8. The summed E-state index contributed by atoms with van der Waals surface area (Å²) in [6, 6.07) is 3.94. The molecule has 0 unspecified atom stereocenters. The Hall–Kier alpha value is -1.67. The van der Waals surface area contributed by atoms with E-state index in [0.29, 0.717) is 5.02 Å². The van der Waals surface area contributed by atoms with Crippen LogP contribution in [0.3, 0.4) is 0 Å². The molecule has 0 bridgehead atoms. The van der Waals surface area contributed by atoms with Crippen molar-refractivity contribution in [2.75, 3.05) is 5.75 Å². The van der Waals surface area contributed by atoms with Gasteiger partial charge in [0, 0.05) is 5.02 Å². The highest BCUT2D eigenvalue weighted by Gasteiger charge is 2.14. The maximum atomic E-state index is 13.6. The van der Waals surface area contributed by atoms with Crippen LogP contribution in [0.5, 0.6) is 0 Å². The van der Waals surface area contributed by atoms with Crippen molar-refractivity contribution < 1.29 is 14.3 Å². The van der Waals surface area contributed by atoms with Gasteiger partial charge in [0.05, 0.1) is 5.75 Å². The molecular weight excluding hydrogens is 283 g/mol. The van der Waals surface area contributed by atoms with Gasteiger partial charge >= 0.3 is 5.97 Å². The van der Waals surface area contributed by atoms with Gasteiger partial charge < -0.3 is 5.11 Å². The summed E-state index contributed by atoms with van der Waals surface area (Å²) in [5.41, 5.74) is 0.0698. The number of halogens is 2. The average Bonchev–Trinajstić information content (AvgIpc) is 2.77. The minimum atomic E-state index is -1.01. The molecular formula is C9H6ClFN4O2S. The molecule has 0 radical (unpaired) electrons. The van der Waals surface area contributed by atoms with Crippen molar-refractivity contribution in [2.24, 2.45) is 0 Å². The second-order valence-corrected chi connectivity index (χ2v) is 4.53. The Labute approximate surface area is 110 Å². The van der Waals surface area contributed by atoms with Crippen LogP contribution in [0.15, 0.2) is 23.4 Å². The van der Waals surface area contributed by atoms with Gasteiger partial charge in [-0.05, 0) is 28.6 Å². The van der Waals surface area contributed by atoms with E-state index in [1.807, 2.05) is 0 Å². The molecule has 0 saturated heterocycles. The second kappa shape index (κ2) is 5.32. The van der Waals surface area contributed by atoms with E-state index in [9.17, 15) is 9.18 Å². The van der Waals surface area contributed by atoms with Gasteiger partial charge in [-0.15, -0.1) is 5.10 Å². The van der Waals surface area contributed by atoms with Crippen molar-refractivity contribution in [3.8, 4) is 5.69 Å². The van der Waals surface area contributed by atoms with Crippen LogP contribution in [0.1, 0.15) is 0 Å². The van der Waals surface area contributed by atoms with Gasteiger partial charge in [0.2, 0.25) is 5.16 Å². The summed E-state index contributed by atoms with van der Waals surface area (Å²) in [6.45, 7) is 0. The molecule has 1 heterocycles. The van der Waals surface area contributed by atoms with Gasteiger partial charge in [0.1, 0.15) is 11.5 Å². The Bertz CT molecular complexity index is 592. The van der Waals surface area contributed by atoms with Crippen molar-refractivity contribution in [2.45, 2.75) is 5.16 Å². The summed E-state index contributed by atoms with van der Waals surface area (Å²) >= 11 is 6.65. The summed E-state index contributed by atoms with van der Waals surface area (Å²) in [5.74, 6) is -1.78. The Kier molecular flexibility index (Phi) is 3.78. The van der Waals surface area contributed by atoms with Gasteiger partial charge in [-0.1, -0.05) is 23.4 Å². The van der Waals surface area contributed by atoms with Crippen molar-refractivity contribution in [1.29, 1.82) is 0 Å². The van der Waals surface area contributed by atoms with Crippen LogP contribution in [-0.4, -0.2) is 37.0 Å². The lowest BCUT2D eigenvalue weighted by molar-refractivity contribution is -0.133. The highest BCUT2D eigenvalue weighted by molar-refractivity contribution is 7.99. The highest BCUT2D eigenvalue weighted by atomic mass is 35.5. The monoisotopic (exact) mass is 288 g/mol. The van der Waals surface area contributed by atoms with Crippen LogP contribution in [0.4, 0.5) is 4.39 Å². The molecule has 1 N–H and O–H groups in total. The van der Waals surface area contributed by atoms with E-state index >= 15 is 0 Å². The van der Waals surface area contributed by atoms with E-state index in [2.05, 4.69) is 15.5 Å². The van der Waals surface area contributed by atoms with E-state index in [4.69, 9.17) is 16.7 Å².